The van der Waals surface area contributed by atoms with E-state index in [-0.39, 0.29) is 5.82 Å². The Hall–Kier alpha value is -1.38. The number of hydrogen-bond donors (Lipinski definition) is 1. The number of rotatable bonds is 5. The van der Waals surface area contributed by atoms with E-state index >= 15 is 0 Å². The van der Waals surface area contributed by atoms with E-state index in [1.807, 2.05) is 24.3 Å². The molecule has 0 aliphatic carbocycles. The zero-order chi connectivity index (χ0) is 13.7. The number of nitrogens with one attached hydrogen (secondary N) is 1. The highest BCUT2D eigenvalue weighted by Gasteiger charge is 2.08. The topological polar surface area (TPSA) is 12.0 Å². The van der Waals surface area contributed by atoms with Crippen LogP contribution >= 0.6 is 11.6 Å². The average molecular weight is 278 g/mol. The van der Waals surface area contributed by atoms with Crippen molar-refractivity contribution in [3.05, 3.63) is 58.9 Å². The Kier molecular flexibility index (Phi) is 4.94. The van der Waals surface area contributed by atoms with Crippen molar-refractivity contribution in [1.82, 2.24) is 5.32 Å². The van der Waals surface area contributed by atoms with Gasteiger partial charge >= 0.3 is 0 Å². The standard InChI is InChI=1S/C16H17ClFN/c1-2-9-19-11-12-7-8-14(16(18)10-12)13-5-3-4-6-15(13)17/h3-8,10,19H,2,9,11H2,1H3. The van der Waals surface area contributed by atoms with E-state index in [4.69, 9.17) is 11.6 Å². The molecule has 19 heavy (non-hydrogen) atoms. The second-order valence-corrected chi connectivity index (χ2v) is 4.88. The zero-order valence-electron chi connectivity index (χ0n) is 10.9. The summed E-state index contributed by atoms with van der Waals surface area (Å²) in [7, 11) is 0. The van der Waals surface area contributed by atoms with Gasteiger partial charge in [0.15, 0.2) is 0 Å². The van der Waals surface area contributed by atoms with Crippen LogP contribution in [-0.4, -0.2) is 6.54 Å². The van der Waals surface area contributed by atoms with Crippen LogP contribution in [0.15, 0.2) is 42.5 Å². The minimum atomic E-state index is -0.233. The second-order valence-electron chi connectivity index (χ2n) is 4.47. The third-order valence-corrected chi connectivity index (χ3v) is 3.28. The highest BCUT2D eigenvalue weighted by Crippen LogP contribution is 2.29. The number of halogens is 2. The molecule has 0 amide bonds. The smallest absolute Gasteiger partial charge is 0.131 e. The molecule has 1 nitrogen and oxygen atoms in total. The molecule has 0 atom stereocenters. The third kappa shape index (κ3) is 3.55. The van der Waals surface area contributed by atoms with Crippen LogP contribution in [0.5, 0.6) is 0 Å². The van der Waals surface area contributed by atoms with Crippen molar-refractivity contribution >= 4 is 11.6 Å². The van der Waals surface area contributed by atoms with Gasteiger partial charge in [-0.1, -0.05) is 48.9 Å². The fourth-order valence-electron chi connectivity index (χ4n) is 1.98. The van der Waals surface area contributed by atoms with Crippen LogP contribution in [0.25, 0.3) is 11.1 Å². The number of benzene rings is 2. The van der Waals surface area contributed by atoms with Crippen LogP contribution in [0.2, 0.25) is 5.02 Å². The van der Waals surface area contributed by atoms with Crippen LogP contribution in [0.4, 0.5) is 4.39 Å². The van der Waals surface area contributed by atoms with Gasteiger partial charge in [-0.15, -0.1) is 0 Å². The molecule has 0 bridgehead atoms. The van der Waals surface area contributed by atoms with Gasteiger partial charge in [-0.2, -0.15) is 0 Å². The second kappa shape index (κ2) is 6.69. The Bertz CT molecular complexity index is 554. The maximum absolute atomic E-state index is 14.1. The molecular weight excluding hydrogens is 261 g/mol. The summed E-state index contributed by atoms with van der Waals surface area (Å²) in [4.78, 5) is 0. The van der Waals surface area contributed by atoms with Crippen molar-refractivity contribution in [3.63, 3.8) is 0 Å². The summed E-state index contributed by atoms with van der Waals surface area (Å²) in [6.07, 6.45) is 1.07. The lowest BCUT2D eigenvalue weighted by Gasteiger charge is -2.08. The molecule has 0 aliphatic rings. The van der Waals surface area contributed by atoms with Crippen LogP contribution in [-0.2, 0) is 6.54 Å². The van der Waals surface area contributed by atoms with Crippen LogP contribution < -0.4 is 5.32 Å². The molecule has 100 valence electrons. The molecule has 2 aromatic rings. The van der Waals surface area contributed by atoms with Crippen molar-refractivity contribution < 1.29 is 4.39 Å². The normalized spacial score (nSPS) is 10.7. The van der Waals surface area contributed by atoms with Gasteiger partial charge in [-0.3, -0.25) is 0 Å². The maximum atomic E-state index is 14.1. The van der Waals surface area contributed by atoms with E-state index in [9.17, 15) is 4.39 Å². The summed E-state index contributed by atoms with van der Waals surface area (Å²) in [5.41, 5.74) is 2.22. The largest absolute Gasteiger partial charge is 0.313 e. The molecule has 0 aromatic heterocycles. The van der Waals surface area contributed by atoms with Gasteiger partial charge in [0, 0.05) is 22.7 Å². The van der Waals surface area contributed by atoms with Gasteiger partial charge < -0.3 is 5.32 Å². The van der Waals surface area contributed by atoms with Gasteiger partial charge in [0.2, 0.25) is 0 Å². The molecule has 0 radical (unpaired) electrons. The Morgan fingerprint density at radius 1 is 1.11 bits per heavy atom. The Labute approximate surface area is 118 Å². The molecule has 0 spiro atoms. The predicted octanol–water partition coefficient (Wildman–Crippen LogP) is 4.65. The first kappa shape index (κ1) is 14.0. The summed E-state index contributed by atoms with van der Waals surface area (Å²) in [6.45, 7) is 3.73. The van der Waals surface area contributed by atoms with Crippen molar-refractivity contribution in [1.29, 1.82) is 0 Å². The lowest BCUT2D eigenvalue weighted by molar-refractivity contribution is 0.622. The summed E-state index contributed by atoms with van der Waals surface area (Å²) in [5, 5.41) is 3.82. The van der Waals surface area contributed by atoms with Gasteiger partial charge in [-0.25, -0.2) is 4.39 Å². The van der Waals surface area contributed by atoms with E-state index in [0.29, 0.717) is 17.1 Å². The van der Waals surface area contributed by atoms with Crippen molar-refractivity contribution in [2.24, 2.45) is 0 Å². The summed E-state index contributed by atoms with van der Waals surface area (Å²) in [6, 6.07) is 12.6. The Morgan fingerprint density at radius 2 is 1.89 bits per heavy atom. The molecule has 0 fully saturated rings. The lowest BCUT2D eigenvalue weighted by Crippen LogP contribution is -2.13. The van der Waals surface area contributed by atoms with Gasteiger partial charge in [0.25, 0.3) is 0 Å². The minimum absolute atomic E-state index is 0.233. The van der Waals surface area contributed by atoms with E-state index < -0.39 is 0 Å². The summed E-state index contributed by atoms with van der Waals surface area (Å²) < 4.78 is 14.1. The van der Waals surface area contributed by atoms with Gasteiger partial charge in [0.1, 0.15) is 5.82 Å². The lowest BCUT2D eigenvalue weighted by atomic mass is 10.0. The van der Waals surface area contributed by atoms with Crippen LogP contribution in [0, 0.1) is 5.82 Å². The molecule has 2 rings (SSSR count). The van der Waals surface area contributed by atoms with E-state index in [0.717, 1.165) is 24.1 Å². The molecule has 0 heterocycles. The molecular formula is C16H17ClFN. The Morgan fingerprint density at radius 3 is 2.58 bits per heavy atom. The van der Waals surface area contributed by atoms with E-state index in [1.54, 1.807) is 18.2 Å². The first-order valence-electron chi connectivity index (χ1n) is 6.46. The Balaban J connectivity index is 2.22. The highest BCUT2D eigenvalue weighted by atomic mass is 35.5. The van der Waals surface area contributed by atoms with Crippen LogP contribution in [0.3, 0.4) is 0 Å². The predicted molar refractivity (Wildman–Crippen MR) is 78.8 cm³/mol. The molecule has 0 saturated heterocycles. The van der Waals surface area contributed by atoms with E-state index in [1.165, 1.54) is 0 Å². The summed E-state index contributed by atoms with van der Waals surface area (Å²) >= 11 is 6.09. The van der Waals surface area contributed by atoms with Crippen molar-refractivity contribution in [2.75, 3.05) is 6.54 Å². The molecule has 0 aliphatic heterocycles. The minimum Gasteiger partial charge on any atom is -0.313 e. The zero-order valence-corrected chi connectivity index (χ0v) is 11.7. The van der Waals surface area contributed by atoms with Crippen LogP contribution in [0.1, 0.15) is 18.9 Å². The summed E-state index contributed by atoms with van der Waals surface area (Å²) in [5.74, 6) is -0.233. The van der Waals surface area contributed by atoms with Gasteiger partial charge in [0.05, 0.1) is 0 Å². The maximum Gasteiger partial charge on any atom is 0.131 e. The molecule has 3 heteroatoms. The highest BCUT2D eigenvalue weighted by molar-refractivity contribution is 6.33. The molecule has 2 aromatic carbocycles. The fraction of sp³-hybridized carbons (Fsp3) is 0.250. The monoisotopic (exact) mass is 277 g/mol. The van der Waals surface area contributed by atoms with Gasteiger partial charge in [-0.05, 0) is 30.7 Å². The van der Waals surface area contributed by atoms with Crippen molar-refractivity contribution in [3.8, 4) is 11.1 Å². The first-order chi connectivity index (χ1) is 9.22. The molecule has 1 N–H and O–H groups in total. The molecule has 0 saturated carbocycles. The SMILES string of the molecule is CCCNCc1ccc(-c2ccccc2Cl)c(F)c1. The third-order valence-electron chi connectivity index (χ3n) is 2.95. The quantitative estimate of drug-likeness (QED) is 0.785. The molecule has 0 unspecified atom stereocenters. The van der Waals surface area contributed by atoms with E-state index in [2.05, 4.69) is 12.2 Å². The average Bonchev–Trinajstić information content (AvgIpc) is 2.40. The fourth-order valence-corrected chi connectivity index (χ4v) is 2.21. The first-order valence-corrected chi connectivity index (χ1v) is 6.84. The number of hydrogen-bond acceptors (Lipinski definition) is 1. The van der Waals surface area contributed by atoms with Crippen molar-refractivity contribution in [2.45, 2.75) is 19.9 Å².